The van der Waals surface area contributed by atoms with Crippen molar-refractivity contribution in [2.24, 2.45) is 0 Å². The fourth-order valence-corrected chi connectivity index (χ4v) is 3.20. The lowest BCUT2D eigenvalue weighted by atomic mass is 10.1. The van der Waals surface area contributed by atoms with Crippen molar-refractivity contribution in [1.82, 2.24) is 20.2 Å². The molecule has 31 heavy (non-hydrogen) atoms. The highest BCUT2D eigenvalue weighted by molar-refractivity contribution is 6.15. The summed E-state index contributed by atoms with van der Waals surface area (Å²) in [5.74, 6) is -0.178. The third kappa shape index (κ3) is 4.42. The predicted octanol–water partition coefficient (Wildman–Crippen LogP) is 3.39. The lowest BCUT2D eigenvalue weighted by Gasteiger charge is -2.10. The molecular weight excluding hydrogens is 396 g/mol. The van der Waals surface area contributed by atoms with Crippen molar-refractivity contribution in [2.75, 3.05) is 0 Å². The molecule has 0 unspecified atom stereocenters. The van der Waals surface area contributed by atoms with E-state index in [-0.39, 0.29) is 12.3 Å². The van der Waals surface area contributed by atoms with E-state index in [9.17, 15) is 9.59 Å². The molecule has 4 aromatic rings. The fraction of sp³-hybridized carbons (Fsp3) is 0.174. The van der Waals surface area contributed by atoms with Crippen LogP contribution in [0.1, 0.15) is 29.4 Å². The van der Waals surface area contributed by atoms with Gasteiger partial charge in [-0.25, -0.2) is 9.59 Å². The van der Waals surface area contributed by atoms with Gasteiger partial charge in [0.2, 0.25) is 0 Å². The van der Waals surface area contributed by atoms with Crippen molar-refractivity contribution in [3.63, 3.8) is 0 Å². The van der Waals surface area contributed by atoms with Crippen LogP contribution in [0.5, 0.6) is 0 Å². The van der Waals surface area contributed by atoms with Gasteiger partial charge in [-0.2, -0.15) is 4.68 Å². The molecule has 0 amide bonds. The number of carbonyl (C=O) groups excluding carboxylic acids is 1. The maximum absolute atomic E-state index is 13.0. The number of hydrogen-bond acceptors (Lipinski definition) is 7. The molecule has 0 spiro atoms. The molecule has 0 radical (unpaired) electrons. The maximum atomic E-state index is 13.0. The van der Waals surface area contributed by atoms with Gasteiger partial charge in [-0.15, -0.1) is 5.10 Å². The number of esters is 1. The summed E-state index contributed by atoms with van der Waals surface area (Å²) >= 11 is 0. The van der Waals surface area contributed by atoms with Crippen LogP contribution in [0.4, 0.5) is 0 Å². The predicted molar refractivity (Wildman–Crippen MR) is 115 cm³/mol. The molecule has 8 nitrogen and oxygen atoms in total. The first-order chi connectivity index (χ1) is 15.0. The molecule has 0 N–H and O–H groups in total. The van der Waals surface area contributed by atoms with Gasteiger partial charge < -0.3 is 9.15 Å². The second-order valence-corrected chi connectivity index (χ2v) is 6.93. The Morgan fingerprint density at radius 2 is 1.97 bits per heavy atom. The zero-order valence-corrected chi connectivity index (χ0v) is 17.1. The summed E-state index contributed by atoms with van der Waals surface area (Å²) < 4.78 is 12.2. The number of nitrogens with zero attached hydrogens (tertiary/aromatic N) is 4. The zero-order valence-electron chi connectivity index (χ0n) is 17.1. The maximum Gasteiger partial charge on any atom is 0.357 e. The van der Waals surface area contributed by atoms with E-state index in [1.54, 1.807) is 13.0 Å². The summed E-state index contributed by atoms with van der Waals surface area (Å²) in [4.78, 5) is 25.0. The number of rotatable bonds is 6. The van der Waals surface area contributed by atoms with E-state index in [2.05, 4.69) is 15.5 Å². The summed E-state index contributed by atoms with van der Waals surface area (Å²) in [6, 6.07) is 16.3. The van der Waals surface area contributed by atoms with Crippen LogP contribution in [-0.2, 0) is 22.6 Å². The number of tetrazole rings is 1. The van der Waals surface area contributed by atoms with Gasteiger partial charge in [-0.1, -0.05) is 49.4 Å². The van der Waals surface area contributed by atoms with Gasteiger partial charge in [0.05, 0.1) is 0 Å². The standard InChI is InChI=1S/C23H20N4O4/c1-3-16-9-10-19-18(13-22(28)31-21(19)12-16)14-30-23(29)20(27-15(2)24-25-26-27)11-17-7-5-4-6-8-17/h4-13H,3,14H2,1-2H3/b20-11-. The third-order valence-electron chi connectivity index (χ3n) is 4.83. The van der Waals surface area contributed by atoms with E-state index >= 15 is 0 Å². The molecule has 2 aromatic carbocycles. The minimum Gasteiger partial charge on any atom is -0.456 e. The van der Waals surface area contributed by atoms with Gasteiger partial charge in [0.1, 0.15) is 12.2 Å². The molecule has 0 saturated heterocycles. The van der Waals surface area contributed by atoms with E-state index in [1.807, 2.05) is 55.5 Å². The van der Waals surface area contributed by atoms with Crippen molar-refractivity contribution >= 4 is 28.7 Å². The van der Waals surface area contributed by atoms with Crippen LogP contribution < -0.4 is 5.63 Å². The normalized spacial score (nSPS) is 11.6. The van der Waals surface area contributed by atoms with Crippen LogP contribution >= 0.6 is 0 Å². The van der Waals surface area contributed by atoms with Crippen molar-refractivity contribution in [3.8, 4) is 0 Å². The van der Waals surface area contributed by atoms with E-state index < -0.39 is 11.6 Å². The first-order valence-corrected chi connectivity index (χ1v) is 9.80. The molecule has 156 valence electrons. The van der Waals surface area contributed by atoms with Crippen LogP contribution in [0, 0.1) is 6.92 Å². The van der Waals surface area contributed by atoms with Crippen LogP contribution in [0.3, 0.4) is 0 Å². The summed E-state index contributed by atoms with van der Waals surface area (Å²) in [7, 11) is 0. The summed E-state index contributed by atoms with van der Waals surface area (Å²) in [6.07, 6.45) is 2.47. The number of fused-ring (bicyclic) bond motifs is 1. The Bertz CT molecular complexity index is 1320. The molecule has 0 aliphatic heterocycles. The van der Waals surface area contributed by atoms with Crippen molar-refractivity contribution in [3.05, 3.63) is 87.5 Å². The number of aryl methyl sites for hydroxylation is 2. The van der Waals surface area contributed by atoms with Crippen molar-refractivity contribution in [2.45, 2.75) is 26.9 Å². The highest BCUT2D eigenvalue weighted by atomic mass is 16.5. The first kappa shape index (κ1) is 20.2. The van der Waals surface area contributed by atoms with Gasteiger partial charge in [0.15, 0.2) is 11.5 Å². The molecule has 2 aromatic heterocycles. The Labute approximate surface area is 177 Å². The molecule has 8 heteroatoms. The molecule has 4 rings (SSSR count). The number of ether oxygens (including phenoxy) is 1. The molecule has 0 aliphatic carbocycles. The van der Waals surface area contributed by atoms with Crippen LogP contribution in [0.15, 0.2) is 63.8 Å². The Balaban J connectivity index is 1.65. The minimum absolute atomic E-state index is 0.0975. The van der Waals surface area contributed by atoms with E-state index in [0.29, 0.717) is 17.0 Å². The van der Waals surface area contributed by atoms with E-state index in [4.69, 9.17) is 9.15 Å². The zero-order chi connectivity index (χ0) is 21.8. The largest absolute Gasteiger partial charge is 0.456 e. The fourth-order valence-electron chi connectivity index (χ4n) is 3.20. The Morgan fingerprint density at radius 1 is 1.16 bits per heavy atom. The van der Waals surface area contributed by atoms with Crippen LogP contribution in [0.2, 0.25) is 0 Å². The van der Waals surface area contributed by atoms with E-state index in [0.717, 1.165) is 22.9 Å². The molecule has 0 saturated carbocycles. The summed E-state index contributed by atoms with van der Waals surface area (Å²) in [5, 5.41) is 12.1. The lowest BCUT2D eigenvalue weighted by Crippen LogP contribution is -2.15. The first-order valence-electron chi connectivity index (χ1n) is 9.80. The SMILES string of the molecule is CCc1ccc2c(COC(=O)/C(=C/c3ccccc3)n3nnnc3C)cc(=O)oc2c1. The average Bonchev–Trinajstić information content (AvgIpc) is 3.21. The minimum atomic E-state index is -0.620. The topological polar surface area (TPSA) is 100 Å². The molecule has 0 atom stereocenters. The van der Waals surface area contributed by atoms with Gasteiger partial charge in [0.25, 0.3) is 0 Å². The second kappa shape index (κ2) is 8.74. The molecule has 0 aliphatic rings. The second-order valence-electron chi connectivity index (χ2n) is 6.93. The highest BCUT2D eigenvalue weighted by Crippen LogP contribution is 2.21. The Morgan fingerprint density at radius 3 is 2.68 bits per heavy atom. The smallest absolute Gasteiger partial charge is 0.357 e. The van der Waals surface area contributed by atoms with E-state index in [1.165, 1.54) is 10.7 Å². The third-order valence-corrected chi connectivity index (χ3v) is 4.83. The monoisotopic (exact) mass is 416 g/mol. The quantitative estimate of drug-likeness (QED) is 0.270. The molecular formula is C23H20N4O4. The van der Waals surface area contributed by atoms with Crippen LogP contribution in [-0.4, -0.2) is 26.2 Å². The van der Waals surface area contributed by atoms with Gasteiger partial charge in [-0.05, 0) is 47.0 Å². The Hall–Kier alpha value is -4.07. The summed E-state index contributed by atoms with van der Waals surface area (Å²) in [5.41, 5.74) is 2.54. The number of carbonyl (C=O) groups is 1. The average molecular weight is 416 g/mol. The summed E-state index contributed by atoms with van der Waals surface area (Å²) in [6.45, 7) is 3.61. The number of aromatic nitrogens is 4. The van der Waals surface area contributed by atoms with Crippen molar-refractivity contribution in [1.29, 1.82) is 0 Å². The van der Waals surface area contributed by atoms with Gasteiger partial charge >= 0.3 is 11.6 Å². The van der Waals surface area contributed by atoms with Gasteiger partial charge in [0, 0.05) is 17.0 Å². The van der Waals surface area contributed by atoms with Crippen LogP contribution in [0.25, 0.3) is 22.7 Å². The molecule has 0 fully saturated rings. The number of hydrogen-bond donors (Lipinski definition) is 0. The molecule has 2 heterocycles. The Kier molecular flexibility index (Phi) is 5.70. The highest BCUT2D eigenvalue weighted by Gasteiger charge is 2.19. The van der Waals surface area contributed by atoms with Crippen molar-refractivity contribution < 1.29 is 13.9 Å². The lowest BCUT2D eigenvalue weighted by molar-refractivity contribution is -0.138. The molecule has 0 bridgehead atoms. The van der Waals surface area contributed by atoms with Gasteiger partial charge in [-0.3, -0.25) is 0 Å². The number of benzene rings is 2.